The summed E-state index contributed by atoms with van der Waals surface area (Å²) in [5, 5.41) is 30.7. The lowest BCUT2D eigenvalue weighted by atomic mass is 9.61. The smallest absolute Gasteiger partial charge is 0.181 e. The number of benzene rings is 1. The second-order valence-electron chi connectivity index (χ2n) is 10.4. The van der Waals surface area contributed by atoms with Crippen LogP contribution in [-0.2, 0) is 9.84 Å². The number of aliphatic hydroxyl groups is 3. The van der Waals surface area contributed by atoms with Crippen LogP contribution >= 0.6 is 0 Å². The molecule has 0 bridgehead atoms. The normalized spacial score (nSPS) is 33.0. The van der Waals surface area contributed by atoms with Crippen molar-refractivity contribution in [3.05, 3.63) is 30.3 Å². The number of hydrogen-bond acceptors (Lipinski definition) is 5. The molecule has 2 fully saturated rings. The summed E-state index contributed by atoms with van der Waals surface area (Å²) in [7, 11) is -3.70. The maximum absolute atomic E-state index is 13.7. The van der Waals surface area contributed by atoms with Crippen LogP contribution in [0.4, 0.5) is 0 Å². The third kappa shape index (κ3) is 4.34. The van der Waals surface area contributed by atoms with Gasteiger partial charge in [-0.05, 0) is 81.3 Å². The summed E-state index contributed by atoms with van der Waals surface area (Å²) >= 11 is 0. The highest BCUT2D eigenvalue weighted by Gasteiger charge is 2.54. The average molecular weight is 439 g/mol. The lowest BCUT2D eigenvalue weighted by Crippen LogP contribution is -2.47. The zero-order chi connectivity index (χ0) is 22.3. The molecule has 2 saturated carbocycles. The van der Waals surface area contributed by atoms with Gasteiger partial charge in [-0.2, -0.15) is 0 Å². The van der Waals surface area contributed by atoms with Crippen molar-refractivity contribution in [1.29, 1.82) is 0 Å². The SMILES string of the molecule is C[C@@H]([C@H]1CC[C@H]2[C@@H](O)CCCC12C)[C@@H](C[C@@H](O)C(C)(C)O)S(=O)(=O)c1ccccc1. The van der Waals surface area contributed by atoms with E-state index in [9.17, 15) is 23.7 Å². The van der Waals surface area contributed by atoms with E-state index in [1.807, 2.05) is 6.92 Å². The third-order valence-electron chi connectivity index (χ3n) is 8.13. The van der Waals surface area contributed by atoms with Gasteiger partial charge in [0.25, 0.3) is 0 Å². The van der Waals surface area contributed by atoms with Crippen molar-refractivity contribution in [3.8, 4) is 0 Å². The molecule has 0 amide bonds. The molecule has 0 aliphatic heterocycles. The van der Waals surface area contributed by atoms with Gasteiger partial charge in [-0.3, -0.25) is 0 Å². The lowest BCUT2D eigenvalue weighted by Gasteiger charge is -2.46. The van der Waals surface area contributed by atoms with E-state index in [0.29, 0.717) is 0 Å². The molecule has 0 heterocycles. The van der Waals surface area contributed by atoms with Gasteiger partial charge in [0.05, 0.1) is 28.0 Å². The highest BCUT2D eigenvalue weighted by Crippen LogP contribution is 2.58. The monoisotopic (exact) mass is 438 g/mol. The van der Waals surface area contributed by atoms with Gasteiger partial charge in [0.15, 0.2) is 9.84 Å². The Morgan fingerprint density at radius 2 is 1.80 bits per heavy atom. The predicted octanol–water partition coefficient (Wildman–Crippen LogP) is 3.56. The molecule has 6 heteroatoms. The number of hydrogen-bond donors (Lipinski definition) is 3. The molecule has 30 heavy (non-hydrogen) atoms. The summed E-state index contributed by atoms with van der Waals surface area (Å²) in [5.74, 6) is 0.153. The van der Waals surface area contributed by atoms with Crippen LogP contribution in [0.5, 0.6) is 0 Å². The van der Waals surface area contributed by atoms with Gasteiger partial charge in [-0.1, -0.05) is 38.5 Å². The largest absolute Gasteiger partial charge is 0.393 e. The van der Waals surface area contributed by atoms with Gasteiger partial charge in [0.2, 0.25) is 0 Å². The summed E-state index contributed by atoms with van der Waals surface area (Å²) < 4.78 is 27.4. The van der Waals surface area contributed by atoms with Crippen molar-refractivity contribution in [1.82, 2.24) is 0 Å². The fourth-order valence-corrected chi connectivity index (χ4v) is 8.31. The van der Waals surface area contributed by atoms with Gasteiger partial charge < -0.3 is 15.3 Å². The van der Waals surface area contributed by atoms with Crippen LogP contribution in [0, 0.1) is 23.2 Å². The van der Waals surface area contributed by atoms with Crippen LogP contribution in [0.3, 0.4) is 0 Å². The minimum atomic E-state index is -3.70. The molecule has 2 aliphatic carbocycles. The van der Waals surface area contributed by atoms with E-state index in [-0.39, 0.29) is 40.6 Å². The highest BCUT2D eigenvalue weighted by molar-refractivity contribution is 7.92. The molecular formula is C24H38O5S. The van der Waals surface area contributed by atoms with E-state index < -0.39 is 26.8 Å². The van der Waals surface area contributed by atoms with E-state index in [4.69, 9.17) is 0 Å². The first-order valence-corrected chi connectivity index (χ1v) is 12.8. The molecule has 1 aromatic carbocycles. The standard InChI is InChI=1S/C24H38O5S/c1-16(18-12-13-19-20(25)11-8-14-24(18,19)4)21(15-22(26)23(2,3)27)30(28,29)17-9-6-5-7-10-17/h5-7,9-10,16,18-22,25-27H,8,11-15H2,1-4H3/t16-,18+,19-,20-,21+,22+,24?/m0/s1. The quantitative estimate of drug-likeness (QED) is 0.605. The van der Waals surface area contributed by atoms with Crippen LogP contribution in [0.2, 0.25) is 0 Å². The zero-order valence-electron chi connectivity index (χ0n) is 18.7. The molecule has 0 spiro atoms. The van der Waals surface area contributed by atoms with E-state index in [1.165, 1.54) is 13.8 Å². The molecule has 2 aliphatic rings. The maximum atomic E-state index is 13.7. The highest BCUT2D eigenvalue weighted by atomic mass is 32.2. The van der Waals surface area contributed by atoms with Crippen molar-refractivity contribution in [2.75, 3.05) is 0 Å². The third-order valence-corrected chi connectivity index (χ3v) is 10.5. The van der Waals surface area contributed by atoms with Crippen LogP contribution in [-0.4, -0.2) is 46.8 Å². The second-order valence-corrected chi connectivity index (χ2v) is 12.6. The summed E-state index contributed by atoms with van der Waals surface area (Å²) in [6, 6.07) is 8.43. The molecule has 7 atom stereocenters. The Morgan fingerprint density at radius 3 is 2.40 bits per heavy atom. The molecule has 1 unspecified atom stereocenters. The van der Waals surface area contributed by atoms with Crippen molar-refractivity contribution in [3.63, 3.8) is 0 Å². The summed E-state index contributed by atoms with van der Waals surface area (Å²) in [6.07, 6.45) is 3.11. The molecule has 0 saturated heterocycles. The van der Waals surface area contributed by atoms with Gasteiger partial charge in [0.1, 0.15) is 0 Å². The van der Waals surface area contributed by atoms with Gasteiger partial charge in [0, 0.05) is 0 Å². The Labute approximate surface area is 181 Å². The van der Waals surface area contributed by atoms with Crippen LogP contribution in [0.1, 0.15) is 66.2 Å². The zero-order valence-corrected chi connectivity index (χ0v) is 19.5. The molecular weight excluding hydrogens is 400 g/mol. The summed E-state index contributed by atoms with van der Waals surface area (Å²) in [4.78, 5) is 0.258. The Hall–Kier alpha value is -0.950. The maximum Gasteiger partial charge on any atom is 0.181 e. The fourth-order valence-electron chi connectivity index (χ4n) is 6.23. The van der Waals surface area contributed by atoms with Gasteiger partial charge >= 0.3 is 0 Å². The van der Waals surface area contributed by atoms with Crippen molar-refractivity contribution >= 4 is 9.84 Å². The Kier molecular flexibility index (Phi) is 6.74. The molecule has 1 aromatic rings. The number of aliphatic hydroxyl groups excluding tert-OH is 2. The van der Waals surface area contributed by atoms with Gasteiger partial charge in [-0.15, -0.1) is 0 Å². The average Bonchev–Trinajstić information content (AvgIpc) is 3.03. The number of sulfone groups is 1. The fraction of sp³-hybridized carbons (Fsp3) is 0.750. The molecule has 0 aromatic heterocycles. The summed E-state index contributed by atoms with van der Waals surface area (Å²) in [6.45, 7) is 7.23. The van der Waals surface area contributed by atoms with Crippen molar-refractivity contribution in [2.45, 2.75) is 94.2 Å². The minimum Gasteiger partial charge on any atom is -0.393 e. The minimum absolute atomic E-state index is 0.0122. The first-order valence-electron chi connectivity index (χ1n) is 11.3. The first-order chi connectivity index (χ1) is 13.9. The van der Waals surface area contributed by atoms with Crippen molar-refractivity contribution < 1.29 is 23.7 Å². The van der Waals surface area contributed by atoms with Crippen molar-refractivity contribution in [2.24, 2.45) is 23.2 Å². The number of rotatable bonds is 7. The molecule has 3 rings (SSSR count). The predicted molar refractivity (Wildman–Crippen MR) is 118 cm³/mol. The lowest BCUT2D eigenvalue weighted by molar-refractivity contribution is -0.0574. The Balaban J connectivity index is 1.98. The summed E-state index contributed by atoms with van der Waals surface area (Å²) in [5.41, 5.74) is -1.48. The Morgan fingerprint density at radius 1 is 1.17 bits per heavy atom. The topological polar surface area (TPSA) is 94.8 Å². The Bertz CT molecular complexity index is 816. The van der Waals surface area contributed by atoms with E-state index in [2.05, 4.69) is 6.92 Å². The van der Waals surface area contributed by atoms with E-state index in [1.54, 1.807) is 30.3 Å². The molecule has 3 N–H and O–H groups in total. The molecule has 170 valence electrons. The van der Waals surface area contributed by atoms with E-state index in [0.717, 1.165) is 32.1 Å². The van der Waals surface area contributed by atoms with E-state index >= 15 is 0 Å². The van der Waals surface area contributed by atoms with Gasteiger partial charge in [-0.25, -0.2) is 8.42 Å². The van der Waals surface area contributed by atoms with Crippen LogP contribution in [0.25, 0.3) is 0 Å². The van der Waals surface area contributed by atoms with Crippen LogP contribution < -0.4 is 0 Å². The molecule has 5 nitrogen and oxygen atoms in total. The first kappa shape index (κ1) is 23.7. The second kappa shape index (κ2) is 8.53. The number of fused-ring (bicyclic) bond motifs is 1. The van der Waals surface area contributed by atoms with Crippen LogP contribution in [0.15, 0.2) is 35.2 Å². The molecule has 0 radical (unpaired) electrons.